The van der Waals surface area contributed by atoms with Gasteiger partial charge in [-0.05, 0) is 35.7 Å². The number of halogens is 4. The number of piperidine rings is 1. The Bertz CT molecular complexity index is 1670. The minimum atomic E-state index is -1.05. The molecule has 1 unspecified atom stereocenters. The van der Waals surface area contributed by atoms with Crippen molar-refractivity contribution >= 4 is 51.5 Å². The molecule has 3 heterocycles. The van der Waals surface area contributed by atoms with Crippen LogP contribution in [0.25, 0.3) is 11.1 Å². The molecule has 1 aliphatic carbocycles. The molecule has 208 valence electrons. The molecule has 3 N–H and O–H groups in total. The molecule has 1 aliphatic heterocycles. The molecule has 2 fully saturated rings. The van der Waals surface area contributed by atoms with Crippen LogP contribution in [0.2, 0.25) is 10.0 Å². The van der Waals surface area contributed by atoms with E-state index in [0.29, 0.717) is 45.8 Å². The number of carbonyl (C=O) groups is 2. The number of hydrogen-bond acceptors (Lipinski definition) is 5. The molecule has 2 aromatic heterocycles. The molecule has 41 heavy (non-hydrogen) atoms. The first kappa shape index (κ1) is 29.6. The largest absolute Gasteiger partial charge is 1.00 e. The number of carboxylic acids is 1. The predicted molar refractivity (Wildman–Crippen MR) is 151 cm³/mol. The molecule has 3 atom stereocenters. The van der Waals surface area contributed by atoms with Crippen LogP contribution in [0.15, 0.2) is 42.5 Å². The number of benzene rings is 2. The number of aromatic amines is 1. The minimum Gasteiger partial charge on any atom is -1.00 e. The van der Waals surface area contributed by atoms with Crippen molar-refractivity contribution in [2.24, 2.45) is 11.8 Å². The fourth-order valence-electron chi connectivity index (χ4n) is 5.34. The summed E-state index contributed by atoms with van der Waals surface area (Å²) in [7, 11) is 0. The number of aryl methyl sites for hydroxylation is 1. The van der Waals surface area contributed by atoms with Crippen LogP contribution >= 0.6 is 34.5 Å². The number of aromatic carboxylic acids is 1. The number of fused-ring (bicyclic) bond motifs is 1. The minimum absolute atomic E-state index is 0. The molecule has 13 heteroatoms. The molecule has 1 saturated carbocycles. The summed E-state index contributed by atoms with van der Waals surface area (Å²) in [6.07, 6.45) is 0.272. The third kappa shape index (κ3) is 5.64. The van der Waals surface area contributed by atoms with Crippen LogP contribution in [-0.4, -0.2) is 46.1 Å². The van der Waals surface area contributed by atoms with E-state index in [1.54, 1.807) is 19.1 Å². The Morgan fingerprint density at radius 1 is 1.12 bits per heavy atom. The predicted octanol–water partition coefficient (Wildman–Crippen LogP) is 3.30. The fraction of sp³-hybridized carbons (Fsp3) is 0.250. The Morgan fingerprint density at radius 3 is 2.46 bits per heavy atom. The van der Waals surface area contributed by atoms with Crippen LogP contribution in [0.3, 0.4) is 0 Å². The second-order valence-electron chi connectivity index (χ2n) is 10.1. The molecule has 0 spiro atoms. The maximum atomic E-state index is 13.7. The maximum absolute atomic E-state index is 13.7. The first-order chi connectivity index (χ1) is 19.1. The Kier molecular flexibility index (Phi) is 8.25. The van der Waals surface area contributed by atoms with E-state index in [4.69, 9.17) is 23.2 Å². The second kappa shape index (κ2) is 11.4. The van der Waals surface area contributed by atoms with E-state index in [9.17, 15) is 23.5 Å². The summed E-state index contributed by atoms with van der Waals surface area (Å²) in [5.74, 6) is -2.76. The van der Waals surface area contributed by atoms with E-state index in [1.165, 1.54) is 6.07 Å². The fourth-order valence-corrected chi connectivity index (χ4v) is 6.70. The van der Waals surface area contributed by atoms with Crippen molar-refractivity contribution in [1.29, 1.82) is 0 Å². The summed E-state index contributed by atoms with van der Waals surface area (Å²) in [6.45, 7) is 3.03. The third-order valence-corrected chi connectivity index (χ3v) is 9.57. The van der Waals surface area contributed by atoms with Gasteiger partial charge in [-0.1, -0.05) is 64.9 Å². The smallest absolute Gasteiger partial charge is 1.00 e. The van der Waals surface area contributed by atoms with Gasteiger partial charge in [0.15, 0.2) is 16.8 Å². The zero-order chi connectivity index (χ0) is 28.3. The molecule has 7 nitrogen and oxygen atoms in total. The van der Waals surface area contributed by atoms with Crippen molar-refractivity contribution < 1.29 is 43.8 Å². The van der Waals surface area contributed by atoms with Crippen molar-refractivity contribution in [3.05, 3.63) is 91.7 Å². The zero-order valence-corrected chi connectivity index (χ0v) is 24.3. The summed E-state index contributed by atoms with van der Waals surface area (Å²) >= 11 is 13.4. The number of amides is 1. The number of thiazole rings is 1. The quantitative estimate of drug-likeness (QED) is 0.279. The molecular formula is C28H23Cl2F2LiN4O3S. The van der Waals surface area contributed by atoms with Crippen molar-refractivity contribution in [2.45, 2.75) is 19.4 Å². The topological polar surface area (TPSA) is 98.3 Å². The van der Waals surface area contributed by atoms with Crippen molar-refractivity contribution in [3.63, 3.8) is 0 Å². The van der Waals surface area contributed by atoms with Crippen LogP contribution in [0.1, 0.15) is 38.5 Å². The van der Waals surface area contributed by atoms with Crippen LogP contribution in [0.4, 0.5) is 13.9 Å². The molecular weight excluding hydrogens is 588 g/mol. The maximum Gasteiger partial charge on any atom is 1.00 e. The summed E-state index contributed by atoms with van der Waals surface area (Å²) < 4.78 is 27.1. The van der Waals surface area contributed by atoms with E-state index in [-0.39, 0.29) is 66.1 Å². The zero-order valence-electron chi connectivity index (χ0n) is 23.0. The first-order valence-corrected chi connectivity index (χ1v) is 14.0. The third-order valence-electron chi connectivity index (χ3n) is 7.48. The van der Waals surface area contributed by atoms with Gasteiger partial charge in [-0.15, -0.1) is 0 Å². The first-order valence-electron chi connectivity index (χ1n) is 12.5. The number of hydrogen-bond donors (Lipinski definition) is 3. The monoisotopic (exact) mass is 610 g/mol. The Morgan fingerprint density at radius 2 is 1.83 bits per heavy atom. The van der Waals surface area contributed by atoms with Gasteiger partial charge < -0.3 is 21.7 Å². The molecule has 1 amide bonds. The molecule has 0 bridgehead atoms. The number of nitrogens with one attached hydrogen (secondary N) is 2. The summed E-state index contributed by atoms with van der Waals surface area (Å²) in [5, 5.41) is 14.0. The molecule has 1 saturated heterocycles. The van der Waals surface area contributed by atoms with E-state index < -0.39 is 17.6 Å². The SMILES string of the molecule is Cc1[nH]c(C(=O)NC2[C@H]3CN(c4nc(Cc5cccc(-c6ccc(F)c(F)c6)c5)c(C(=O)O)s4)C[C@@H]23)c(Cl)c1Cl.[H-].[Li+]. The second-order valence-corrected chi connectivity index (χ2v) is 11.8. The molecule has 2 aromatic carbocycles. The van der Waals surface area contributed by atoms with Crippen LogP contribution < -0.4 is 29.1 Å². The van der Waals surface area contributed by atoms with Crippen molar-refractivity contribution in [2.75, 3.05) is 18.0 Å². The summed E-state index contributed by atoms with van der Waals surface area (Å²) in [4.78, 5) is 34.5. The van der Waals surface area contributed by atoms with E-state index in [1.807, 2.05) is 12.1 Å². The van der Waals surface area contributed by atoms with Crippen LogP contribution in [-0.2, 0) is 6.42 Å². The van der Waals surface area contributed by atoms with Crippen LogP contribution in [0.5, 0.6) is 0 Å². The number of carboxylic acid groups (broad SMARTS) is 1. The van der Waals surface area contributed by atoms with Gasteiger partial charge in [0, 0.05) is 43.1 Å². The van der Waals surface area contributed by atoms with Gasteiger partial charge in [-0.3, -0.25) is 4.79 Å². The average Bonchev–Trinajstić information content (AvgIpc) is 3.28. The number of rotatable bonds is 7. The number of carbonyl (C=O) groups excluding carboxylic acids is 1. The molecule has 6 rings (SSSR count). The van der Waals surface area contributed by atoms with E-state index in [2.05, 4.69) is 20.2 Å². The van der Waals surface area contributed by atoms with Crippen LogP contribution in [0, 0.1) is 30.4 Å². The average molecular weight is 611 g/mol. The van der Waals surface area contributed by atoms with Gasteiger partial charge in [0.1, 0.15) is 10.6 Å². The van der Waals surface area contributed by atoms with Gasteiger partial charge in [0.25, 0.3) is 5.91 Å². The Hall–Kier alpha value is -2.87. The van der Waals surface area contributed by atoms with Gasteiger partial charge >= 0.3 is 24.8 Å². The molecule has 2 aliphatic rings. The van der Waals surface area contributed by atoms with E-state index in [0.717, 1.165) is 29.0 Å². The summed E-state index contributed by atoms with van der Waals surface area (Å²) in [5.41, 5.74) is 3.32. The molecule has 4 aromatic rings. The Balaban J connectivity index is 0.00000202. The van der Waals surface area contributed by atoms with Gasteiger partial charge in [-0.25, -0.2) is 18.6 Å². The number of H-pyrrole nitrogens is 1. The normalized spacial score (nSPS) is 19.0. The number of nitrogens with zero attached hydrogens (tertiary/aromatic N) is 2. The van der Waals surface area contributed by atoms with E-state index >= 15 is 0 Å². The Labute approximate surface area is 261 Å². The van der Waals surface area contributed by atoms with Crippen molar-refractivity contribution in [1.82, 2.24) is 15.3 Å². The number of aromatic nitrogens is 2. The standard InChI is InChI=1S/C28H22Cl2F2N4O3S.Li.H/c1-12-21(29)22(30)24(33-12)26(37)35-23-16-10-36(11-17(16)23)28-34-20(25(40-28)27(38)39)8-13-3-2-4-14(7-13)15-5-6-18(31)19(32)9-15;;/h2-7,9,16-17,23,33H,8,10-11H2,1H3,(H,35,37)(H,38,39);;/q;+1;-1/t16-,17+,23?;;. The van der Waals surface area contributed by atoms with Crippen molar-refractivity contribution in [3.8, 4) is 11.1 Å². The van der Waals surface area contributed by atoms with Gasteiger partial charge in [0.05, 0.1) is 15.7 Å². The van der Waals surface area contributed by atoms with Gasteiger partial charge in [0.2, 0.25) is 0 Å². The summed E-state index contributed by atoms with van der Waals surface area (Å²) in [6, 6.07) is 10.9. The molecule has 0 radical (unpaired) electrons. The van der Waals surface area contributed by atoms with Gasteiger partial charge in [-0.2, -0.15) is 0 Å². The number of anilines is 1.